The Morgan fingerprint density at radius 3 is 2.24 bits per heavy atom. The first-order valence-electron chi connectivity index (χ1n) is 9.83. The number of rotatable bonds is 6. The summed E-state index contributed by atoms with van der Waals surface area (Å²) in [5, 5.41) is 2.99. The van der Waals surface area contributed by atoms with E-state index in [0.29, 0.717) is 13.0 Å². The molecule has 2 saturated heterocycles. The van der Waals surface area contributed by atoms with Crippen LogP contribution in [0.2, 0.25) is 0 Å². The van der Waals surface area contributed by atoms with Crippen LogP contribution in [0, 0.1) is 5.92 Å². The molecule has 2 amide bonds. The fourth-order valence-electron chi connectivity index (χ4n) is 4.03. The van der Waals surface area contributed by atoms with Gasteiger partial charge in [-0.3, -0.25) is 14.5 Å². The average Bonchev–Trinajstić information content (AvgIpc) is 2.54. The zero-order chi connectivity index (χ0) is 18.4. The van der Waals surface area contributed by atoms with Crippen LogP contribution in [0.15, 0.2) is 0 Å². The predicted octanol–water partition coefficient (Wildman–Crippen LogP) is 1.64. The van der Waals surface area contributed by atoms with E-state index in [-0.39, 0.29) is 36.0 Å². The highest BCUT2D eigenvalue weighted by atomic mass is 16.5. The zero-order valence-electron chi connectivity index (χ0n) is 16.3. The Labute approximate surface area is 152 Å². The quantitative estimate of drug-likeness (QED) is 0.789. The van der Waals surface area contributed by atoms with Gasteiger partial charge in [-0.05, 0) is 39.0 Å². The van der Waals surface area contributed by atoms with Gasteiger partial charge in [0.15, 0.2) is 0 Å². The van der Waals surface area contributed by atoms with Gasteiger partial charge in [0, 0.05) is 39.1 Å². The molecule has 25 heavy (non-hydrogen) atoms. The van der Waals surface area contributed by atoms with Crippen LogP contribution in [0.5, 0.6) is 0 Å². The lowest BCUT2D eigenvalue weighted by atomic mass is 9.99. The first-order valence-corrected chi connectivity index (χ1v) is 9.83. The minimum Gasteiger partial charge on any atom is -0.373 e. The number of morpholine rings is 1. The van der Waals surface area contributed by atoms with Crippen molar-refractivity contribution in [2.75, 3.05) is 32.7 Å². The molecule has 2 heterocycles. The van der Waals surface area contributed by atoms with Gasteiger partial charge in [0.05, 0.1) is 18.2 Å². The Bertz CT molecular complexity index is 439. The fourth-order valence-corrected chi connectivity index (χ4v) is 4.03. The second-order valence-corrected chi connectivity index (χ2v) is 7.88. The summed E-state index contributed by atoms with van der Waals surface area (Å²) in [4.78, 5) is 29.1. The molecule has 0 saturated carbocycles. The lowest BCUT2D eigenvalue weighted by molar-refractivity contribution is -0.135. The monoisotopic (exact) mass is 353 g/mol. The highest BCUT2D eigenvalue weighted by molar-refractivity contribution is 5.83. The summed E-state index contributed by atoms with van der Waals surface area (Å²) >= 11 is 0. The maximum Gasteiger partial charge on any atom is 0.237 e. The lowest BCUT2D eigenvalue weighted by Crippen LogP contribution is -2.57. The molecular weight excluding hydrogens is 318 g/mol. The number of hydrogen-bond donors (Lipinski definition) is 1. The van der Waals surface area contributed by atoms with Gasteiger partial charge in [-0.25, -0.2) is 0 Å². The average molecular weight is 354 g/mol. The summed E-state index contributed by atoms with van der Waals surface area (Å²) in [6.45, 7) is 12.0. The molecule has 0 spiro atoms. The van der Waals surface area contributed by atoms with Crippen LogP contribution in [0.1, 0.15) is 53.4 Å². The van der Waals surface area contributed by atoms with Crippen molar-refractivity contribution in [1.82, 2.24) is 15.1 Å². The summed E-state index contributed by atoms with van der Waals surface area (Å²) in [5.74, 6) is 0.410. The van der Waals surface area contributed by atoms with Crippen LogP contribution in [-0.2, 0) is 14.3 Å². The highest BCUT2D eigenvalue weighted by Crippen LogP contribution is 2.18. The normalized spacial score (nSPS) is 26.5. The van der Waals surface area contributed by atoms with E-state index in [1.807, 2.05) is 4.90 Å². The SMILES string of the molecule is CC1CN(C(C(=O)NCCC(=O)N2CCCCC2)C(C)C)CC(C)O1. The number of nitrogens with one attached hydrogen (secondary N) is 1. The van der Waals surface area contributed by atoms with Gasteiger partial charge >= 0.3 is 0 Å². The third-order valence-electron chi connectivity index (χ3n) is 5.09. The van der Waals surface area contributed by atoms with Crippen LogP contribution >= 0.6 is 0 Å². The number of likely N-dealkylation sites (tertiary alicyclic amines) is 1. The van der Waals surface area contributed by atoms with Crippen molar-refractivity contribution in [2.24, 2.45) is 5.92 Å². The molecule has 0 bridgehead atoms. The van der Waals surface area contributed by atoms with Gasteiger partial charge in [-0.2, -0.15) is 0 Å². The van der Waals surface area contributed by atoms with Crippen molar-refractivity contribution >= 4 is 11.8 Å². The molecule has 3 atom stereocenters. The number of ether oxygens (including phenoxy) is 1. The zero-order valence-corrected chi connectivity index (χ0v) is 16.3. The van der Waals surface area contributed by atoms with Crippen molar-refractivity contribution in [3.8, 4) is 0 Å². The maximum absolute atomic E-state index is 12.7. The number of nitrogens with zero attached hydrogens (tertiary/aromatic N) is 2. The highest BCUT2D eigenvalue weighted by Gasteiger charge is 2.34. The minimum atomic E-state index is -0.168. The molecule has 3 unspecified atom stereocenters. The molecule has 0 aromatic rings. The number of piperidine rings is 1. The van der Waals surface area contributed by atoms with Crippen LogP contribution in [-0.4, -0.2) is 72.6 Å². The predicted molar refractivity (Wildman–Crippen MR) is 98.3 cm³/mol. The molecule has 2 fully saturated rings. The van der Waals surface area contributed by atoms with Crippen LogP contribution < -0.4 is 5.32 Å². The van der Waals surface area contributed by atoms with Gasteiger partial charge in [0.1, 0.15) is 0 Å². The summed E-state index contributed by atoms with van der Waals surface area (Å²) in [6, 6.07) is -0.168. The van der Waals surface area contributed by atoms with Crippen LogP contribution in [0.4, 0.5) is 0 Å². The first kappa shape index (κ1) is 20.2. The van der Waals surface area contributed by atoms with Gasteiger partial charge < -0.3 is 15.0 Å². The Balaban J connectivity index is 1.82. The van der Waals surface area contributed by atoms with E-state index in [1.165, 1.54) is 6.42 Å². The van der Waals surface area contributed by atoms with E-state index in [0.717, 1.165) is 39.0 Å². The third kappa shape index (κ3) is 5.96. The first-order chi connectivity index (χ1) is 11.9. The molecule has 144 valence electrons. The molecule has 2 aliphatic rings. The van der Waals surface area contributed by atoms with Gasteiger partial charge in [0.25, 0.3) is 0 Å². The van der Waals surface area contributed by atoms with E-state index in [9.17, 15) is 9.59 Å². The second-order valence-electron chi connectivity index (χ2n) is 7.88. The molecule has 0 aromatic heterocycles. The van der Waals surface area contributed by atoms with Crippen LogP contribution in [0.25, 0.3) is 0 Å². The van der Waals surface area contributed by atoms with Crippen molar-refractivity contribution in [2.45, 2.75) is 71.6 Å². The molecular formula is C19H35N3O3. The standard InChI is InChI=1S/C19H35N3O3/c1-14(2)18(22-12-15(3)25-16(4)13-22)19(24)20-9-8-17(23)21-10-6-5-7-11-21/h14-16,18H,5-13H2,1-4H3,(H,20,24). The molecule has 0 aliphatic carbocycles. The van der Waals surface area contributed by atoms with E-state index in [1.54, 1.807) is 0 Å². The topological polar surface area (TPSA) is 61.9 Å². The number of carbonyl (C=O) groups is 2. The molecule has 0 radical (unpaired) electrons. The van der Waals surface area contributed by atoms with E-state index in [2.05, 4.69) is 37.9 Å². The van der Waals surface area contributed by atoms with Gasteiger partial charge in [-0.1, -0.05) is 13.8 Å². The molecule has 2 aliphatic heterocycles. The van der Waals surface area contributed by atoms with E-state index >= 15 is 0 Å². The van der Waals surface area contributed by atoms with E-state index < -0.39 is 0 Å². The minimum absolute atomic E-state index is 0.0303. The smallest absolute Gasteiger partial charge is 0.237 e. The van der Waals surface area contributed by atoms with Crippen LogP contribution in [0.3, 0.4) is 0 Å². The summed E-state index contributed by atoms with van der Waals surface area (Å²) in [6.07, 6.45) is 4.08. The lowest BCUT2D eigenvalue weighted by Gasteiger charge is -2.41. The van der Waals surface area contributed by atoms with Crippen molar-refractivity contribution < 1.29 is 14.3 Å². The number of carbonyl (C=O) groups excluding carboxylic acids is 2. The molecule has 1 N–H and O–H groups in total. The summed E-state index contributed by atoms with van der Waals surface area (Å²) in [7, 11) is 0. The van der Waals surface area contributed by atoms with Crippen molar-refractivity contribution in [3.05, 3.63) is 0 Å². The fraction of sp³-hybridized carbons (Fsp3) is 0.895. The number of amides is 2. The molecule has 0 aromatic carbocycles. The van der Waals surface area contributed by atoms with Gasteiger partial charge in [0.2, 0.25) is 11.8 Å². The number of hydrogen-bond acceptors (Lipinski definition) is 4. The Kier molecular flexibility index (Phi) is 7.69. The summed E-state index contributed by atoms with van der Waals surface area (Å²) < 4.78 is 5.78. The largest absolute Gasteiger partial charge is 0.373 e. The van der Waals surface area contributed by atoms with Gasteiger partial charge in [-0.15, -0.1) is 0 Å². The summed E-state index contributed by atoms with van der Waals surface area (Å²) in [5.41, 5.74) is 0. The maximum atomic E-state index is 12.7. The Hall–Kier alpha value is -1.14. The molecule has 2 rings (SSSR count). The Morgan fingerprint density at radius 1 is 1.08 bits per heavy atom. The second kappa shape index (κ2) is 9.53. The molecule has 6 heteroatoms. The Morgan fingerprint density at radius 2 is 1.68 bits per heavy atom. The van der Waals surface area contributed by atoms with Crippen molar-refractivity contribution in [1.29, 1.82) is 0 Å². The molecule has 6 nitrogen and oxygen atoms in total. The van der Waals surface area contributed by atoms with Crippen molar-refractivity contribution in [3.63, 3.8) is 0 Å². The third-order valence-corrected chi connectivity index (χ3v) is 5.09. The van der Waals surface area contributed by atoms with E-state index in [4.69, 9.17) is 4.74 Å².